The number of carbonyl (C=O) groups is 2. The van der Waals surface area contributed by atoms with Gasteiger partial charge in [-0.25, -0.2) is 9.59 Å². The number of carbonyl (C=O) groups excluding carboxylic acids is 2. The van der Waals surface area contributed by atoms with Crippen LogP contribution in [0.15, 0.2) is 53.3 Å². The molecule has 1 aliphatic heterocycles. The number of amides is 1. The maximum Gasteiger partial charge on any atom is 0.508 e. The molecule has 190 valence electrons. The van der Waals surface area contributed by atoms with Gasteiger partial charge in [-0.2, -0.15) is 13.2 Å². The maximum absolute atomic E-state index is 13.4. The van der Waals surface area contributed by atoms with Crippen LogP contribution in [0.4, 0.5) is 28.4 Å². The van der Waals surface area contributed by atoms with Gasteiger partial charge in [-0.15, -0.1) is 0 Å². The fourth-order valence-electron chi connectivity index (χ4n) is 3.76. The Morgan fingerprint density at radius 3 is 2.64 bits per heavy atom. The summed E-state index contributed by atoms with van der Waals surface area (Å²) in [5.41, 5.74) is -1.28. The molecule has 36 heavy (non-hydrogen) atoms. The molecule has 1 N–H and O–H groups in total. The van der Waals surface area contributed by atoms with Crippen LogP contribution in [0.2, 0.25) is 0 Å². The van der Waals surface area contributed by atoms with E-state index >= 15 is 0 Å². The lowest BCUT2D eigenvalue weighted by atomic mass is 10.0. The third-order valence-corrected chi connectivity index (χ3v) is 5.43. The van der Waals surface area contributed by atoms with E-state index in [2.05, 4.69) is 4.98 Å². The Morgan fingerprint density at radius 1 is 1.11 bits per heavy atom. The summed E-state index contributed by atoms with van der Waals surface area (Å²) in [5, 5.41) is 0.565. The van der Waals surface area contributed by atoms with Gasteiger partial charge in [0.25, 0.3) is 5.56 Å². The van der Waals surface area contributed by atoms with Gasteiger partial charge in [0.2, 0.25) is 0 Å². The molecule has 0 spiro atoms. The van der Waals surface area contributed by atoms with Crippen molar-refractivity contribution in [2.75, 3.05) is 38.4 Å². The van der Waals surface area contributed by atoms with Crippen molar-refractivity contribution in [2.45, 2.75) is 12.3 Å². The van der Waals surface area contributed by atoms with Crippen molar-refractivity contribution < 1.29 is 41.7 Å². The summed E-state index contributed by atoms with van der Waals surface area (Å²) < 4.78 is 59.9. The van der Waals surface area contributed by atoms with Crippen molar-refractivity contribution in [1.82, 2.24) is 4.98 Å². The summed E-state index contributed by atoms with van der Waals surface area (Å²) in [6.45, 7) is 0.0363. The van der Waals surface area contributed by atoms with Crippen LogP contribution in [0.25, 0.3) is 22.0 Å². The molecule has 1 saturated heterocycles. The predicted molar refractivity (Wildman–Crippen MR) is 122 cm³/mol. The van der Waals surface area contributed by atoms with E-state index in [1.807, 2.05) is 0 Å². The van der Waals surface area contributed by atoms with Crippen molar-refractivity contribution in [1.29, 1.82) is 0 Å². The van der Waals surface area contributed by atoms with E-state index in [1.54, 1.807) is 6.07 Å². The van der Waals surface area contributed by atoms with Gasteiger partial charge in [-0.05, 0) is 29.7 Å². The standard InChI is InChI=1S/C24H21F3N2O7/c1-33-8-9-34-23(32)35-13-16-12-29(22(31)36-16)15-7-6-14-10-20(28-21(30)18(14)11-15)17-4-2-3-5-19(17)24(25,26)27/h2-7,10-11,16H,8-9,12-13H2,1H3,(H,28,30)/t16-/m0/s1. The van der Waals surface area contributed by atoms with Gasteiger partial charge >= 0.3 is 18.4 Å². The fourth-order valence-corrected chi connectivity index (χ4v) is 3.76. The first-order chi connectivity index (χ1) is 17.2. The van der Waals surface area contributed by atoms with Crippen molar-refractivity contribution in [3.63, 3.8) is 0 Å². The number of nitrogens with one attached hydrogen (secondary N) is 1. The first-order valence-corrected chi connectivity index (χ1v) is 10.8. The number of anilines is 1. The van der Waals surface area contributed by atoms with E-state index in [0.29, 0.717) is 11.1 Å². The topological polar surface area (TPSA) is 107 Å². The lowest BCUT2D eigenvalue weighted by Gasteiger charge is -2.15. The normalized spacial score (nSPS) is 15.7. The molecule has 4 rings (SSSR count). The van der Waals surface area contributed by atoms with E-state index in [9.17, 15) is 27.6 Å². The minimum Gasteiger partial charge on any atom is -0.440 e. The van der Waals surface area contributed by atoms with Gasteiger partial charge < -0.3 is 23.9 Å². The molecule has 0 bridgehead atoms. The number of fused-ring (bicyclic) bond motifs is 1. The van der Waals surface area contributed by atoms with Crippen LogP contribution in [0, 0.1) is 0 Å². The van der Waals surface area contributed by atoms with Crippen molar-refractivity contribution in [3.05, 3.63) is 64.4 Å². The zero-order chi connectivity index (χ0) is 25.9. The number of aromatic nitrogens is 1. The highest BCUT2D eigenvalue weighted by molar-refractivity contribution is 5.94. The number of cyclic esters (lactones) is 1. The number of benzene rings is 2. The van der Waals surface area contributed by atoms with Gasteiger partial charge in [0.15, 0.2) is 6.10 Å². The van der Waals surface area contributed by atoms with E-state index in [1.165, 1.54) is 48.4 Å². The Kier molecular flexibility index (Phi) is 7.15. The third-order valence-electron chi connectivity index (χ3n) is 5.43. The second-order valence-electron chi connectivity index (χ2n) is 7.85. The highest BCUT2D eigenvalue weighted by Gasteiger charge is 2.35. The van der Waals surface area contributed by atoms with Crippen LogP contribution in [-0.2, 0) is 25.1 Å². The van der Waals surface area contributed by atoms with Crippen LogP contribution in [-0.4, -0.2) is 56.8 Å². The summed E-state index contributed by atoms with van der Waals surface area (Å²) in [6.07, 6.45) is -6.99. The highest BCUT2D eigenvalue weighted by atomic mass is 19.4. The van der Waals surface area contributed by atoms with E-state index in [4.69, 9.17) is 18.9 Å². The Labute approximate surface area is 202 Å². The molecule has 1 atom stereocenters. The summed E-state index contributed by atoms with van der Waals surface area (Å²) in [7, 11) is 1.45. The molecule has 3 aromatic rings. The van der Waals surface area contributed by atoms with E-state index < -0.39 is 35.7 Å². The van der Waals surface area contributed by atoms with Gasteiger partial charge in [-0.1, -0.05) is 24.3 Å². The van der Waals surface area contributed by atoms with Crippen LogP contribution >= 0.6 is 0 Å². The quantitative estimate of drug-likeness (QED) is 0.375. The molecule has 9 nitrogen and oxygen atoms in total. The highest BCUT2D eigenvalue weighted by Crippen LogP contribution is 2.36. The molecule has 0 saturated carbocycles. The van der Waals surface area contributed by atoms with Crippen LogP contribution in [0.3, 0.4) is 0 Å². The molecule has 1 fully saturated rings. The summed E-state index contributed by atoms with van der Waals surface area (Å²) in [6, 6.07) is 10.9. The molecular formula is C24H21F3N2O7. The zero-order valence-corrected chi connectivity index (χ0v) is 19.0. The average Bonchev–Trinajstić information content (AvgIpc) is 3.22. The number of H-pyrrole nitrogens is 1. The molecule has 0 radical (unpaired) electrons. The Morgan fingerprint density at radius 2 is 1.89 bits per heavy atom. The Bertz CT molecular complexity index is 1340. The average molecular weight is 506 g/mol. The number of methoxy groups -OCH3 is 1. The van der Waals surface area contributed by atoms with Gasteiger partial charge in [0.05, 0.1) is 18.7 Å². The van der Waals surface area contributed by atoms with Gasteiger partial charge in [-0.3, -0.25) is 9.69 Å². The van der Waals surface area contributed by atoms with E-state index in [-0.39, 0.29) is 43.0 Å². The molecule has 2 heterocycles. The first kappa shape index (κ1) is 25.0. The lowest BCUT2D eigenvalue weighted by Crippen LogP contribution is -2.27. The van der Waals surface area contributed by atoms with Crippen molar-refractivity contribution in [2.24, 2.45) is 0 Å². The number of halogens is 3. The molecule has 12 heteroatoms. The zero-order valence-electron chi connectivity index (χ0n) is 19.0. The van der Waals surface area contributed by atoms with Crippen LogP contribution in [0.5, 0.6) is 0 Å². The number of hydrogen-bond donors (Lipinski definition) is 1. The number of nitrogens with zero attached hydrogens (tertiary/aromatic N) is 1. The Balaban J connectivity index is 1.53. The second-order valence-corrected chi connectivity index (χ2v) is 7.85. The summed E-state index contributed by atoms with van der Waals surface area (Å²) >= 11 is 0. The number of pyridine rings is 1. The van der Waals surface area contributed by atoms with Crippen molar-refractivity contribution >= 4 is 28.7 Å². The van der Waals surface area contributed by atoms with Crippen molar-refractivity contribution in [3.8, 4) is 11.3 Å². The van der Waals surface area contributed by atoms with Gasteiger partial charge in [0, 0.05) is 29.4 Å². The predicted octanol–water partition coefficient (Wildman–Crippen LogP) is 4.34. The first-order valence-electron chi connectivity index (χ1n) is 10.8. The van der Waals surface area contributed by atoms with Crippen LogP contribution in [0.1, 0.15) is 5.56 Å². The SMILES string of the molecule is COCCOC(=O)OC[C@@H]1CN(c2ccc3cc(-c4ccccc4C(F)(F)F)[nH]c(=O)c3c2)C(=O)O1. The summed E-state index contributed by atoms with van der Waals surface area (Å²) in [4.78, 5) is 40.4. The molecular weight excluding hydrogens is 485 g/mol. The maximum atomic E-state index is 13.4. The monoisotopic (exact) mass is 506 g/mol. The number of rotatable bonds is 7. The molecule has 2 aromatic carbocycles. The molecule has 1 amide bonds. The number of aromatic amines is 1. The third kappa shape index (κ3) is 5.43. The minimum atomic E-state index is -4.59. The molecule has 0 aliphatic carbocycles. The molecule has 0 unspecified atom stereocenters. The Hall–Kier alpha value is -4.06. The lowest BCUT2D eigenvalue weighted by molar-refractivity contribution is -0.137. The smallest absolute Gasteiger partial charge is 0.440 e. The summed E-state index contributed by atoms with van der Waals surface area (Å²) in [5.74, 6) is 0. The minimum absolute atomic E-state index is 0.0149. The second kappa shape index (κ2) is 10.3. The number of ether oxygens (including phenoxy) is 4. The number of alkyl halides is 3. The van der Waals surface area contributed by atoms with Crippen LogP contribution < -0.4 is 10.5 Å². The molecule has 1 aromatic heterocycles. The van der Waals surface area contributed by atoms with Gasteiger partial charge in [0.1, 0.15) is 13.2 Å². The van der Waals surface area contributed by atoms with E-state index in [0.717, 1.165) is 6.07 Å². The fraction of sp³-hybridized carbons (Fsp3) is 0.292. The molecule has 1 aliphatic rings. The number of hydrogen-bond acceptors (Lipinski definition) is 7. The largest absolute Gasteiger partial charge is 0.508 e.